The van der Waals surface area contributed by atoms with E-state index in [9.17, 15) is 14.7 Å². The molecular formula is C13H18N2O3. The van der Waals surface area contributed by atoms with Gasteiger partial charge in [0.15, 0.2) is 0 Å². The first kappa shape index (κ1) is 14.2. The predicted octanol–water partition coefficient (Wildman–Crippen LogP) is 0.880. The van der Waals surface area contributed by atoms with E-state index < -0.39 is 12.0 Å². The van der Waals surface area contributed by atoms with E-state index in [-0.39, 0.29) is 12.5 Å². The summed E-state index contributed by atoms with van der Waals surface area (Å²) in [5.41, 5.74) is 0.677. The molecule has 0 saturated carbocycles. The smallest absolute Gasteiger partial charge is 0.325 e. The fraction of sp³-hybridized carbons (Fsp3) is 0.385. The van der Waals surface area contributed by atoms with Crippen LogP contribution in [0.25, 0.3) is 0 Å². The third kappa shape index (κ3) is 3.56. The Labute approximate surface area is 106 Å². The number of likely N-dealkylation sites (N-methyl/N-ethyl adjacent to an activating group) is 2. The van der Waals surface area contributed by atoms with E-state index in [1.165, 1.54) is 7.05 Å². The Morgan fingerprint density at radius 2 is 1.94 bits per heavy atom. The molecule has 0 bridgehead atoms. The van der Waals surface area contributed by atoms with Gasteiger partial charge in [-0.2, -0.15) is 0 Å². The van der Waals surface area contributed by atoms with Gasteiger partial charge in [-0.1, -0.05) is 37.3 Å². The average Bonchev–Trinajstić information content (AvgIpc) is 2.38. The summed E-state index contributed by atoms with van der Waals surface area (Å²) in [4.78, 5) is 24.4. The van der Waals surface area contributed by atoms with E-state index in [0.29, 0.717) is 12.1 Å². The lowest BCUT2D eigenvalue weighted by Gasteiger charge is -2.27. The van der Waals surface area contributed by atoms with Crippen LogP contribution < -0.4 is 5.32 Å². The molecule has 0 saturated heterocycles. The molecule has 1 atom stereocenters. The molecule has 1 unspecified atom stereocenters. The van der Waals surface area contributed by atoms with E-state index in [0.717, 1.165) is 0 Å². The zero-order valence-corrected chi connectivity index (χ0v) is 10.6. The second-order valence-electron chi connectivity index (χ2n) is 3.89. The van der Waals surface area contributed by atoms with Crippen LogP contribution in [0.4, 0.5) is 0 Å². The molecule has 5 heteroatoms. The normalized spacial score (nSPS) is 12.2. The number of carbonyl (C=O) groups is 2. The molecule has 0 spiro atoms. The number of hydrogen-bond donors (Lipinski definition) is 2. The number of carboxylic acids is 1. The molecule has 0 heterocycles. The highest BCUT2D eigenvalue weighted by Crippen LogP contribution is 2.20. The fourth-order valence-electron chi connectivity index (χ4n) is 1.79. The van der Waals surface area contributed by atoms with Crippen LogP contribution in [-0.4, -0.2) is 42.0 Å². The van der Waals surface area contributed by atoms with Crippen molar-refractivity contribution in [3.05, 3.63) is 35.9 Å². The van der Waals surface area contributed by atoms with Gasteiger partial charge in [0.1, 0.15) is 6.04 Å². The van der Waals surface area contributed by atoms with Gasteiger partial charge >= 0.3 is 5.97 Å². The van der Waals surface area contributed by atoms with Gasteiger partial charge in [-0.25, -0.2) is 0 Å². The summed E-state index contributed by atoms with van der Waals surface area (Å²) in [5, 5.41) is 11.8. The van der Waals surface area contributed by atoms with Gasteiger partial charge < -0.3 is 10.4 Å². The number of nitrogens with one attached hydrogen (secondary N) is 1. The molecule has 1 rings (SSSR count). The first-order valence-electron chi connectivity index (χ1n) is 5.82. The summed E-state index contributed by atoms with van der Waals surface area (Å²) < 4.78 is 0. The Bertz CT molecular complexity index is 406. The van der Waals surface area contributed by atoms with E-state index in [1.807, 2.05) is 13.0 Å². The maximum absolute atomic E-state index is 11.4. The number of nitrogens with zero attached hydrogens (tertiary/aromatic N) is 1. The van der Waals surface area contributed by atoms with Crippen LogP contribution in [0.5, 0.6) is 0 Å². The molecule has 1 aromatic carbocycles. The highest BCUT2D eigenvalue weighted by atomic mass is 16.4. The summed E-state index contributed by atoms with van der Waals surface area (Å²) in [6.45, 7) is 2.39. The molecule has 0 fully saturated rings. The lowest BCUT2D eigenvalue weighted by atomic mass is 10.1. The average molecular weight is 250 g/mol. The Morgan fingerprint density at radius 1 is 1.33 bits per heavy atom. The van der Waals surface area contributed by atoms with Gasteiger partial charge in [0, 0.05) is 7.05 Å². The van der Waals surface area contributed by atoms with Crippen molar-refractivity contribution >= 4 is 11.9 Å². The van der Waals surface area contributed by atoms with Crippen molar-refractivity contribution in [2.45, 2.75) is 13.0 Å². The van der Waals surface area contributed by atoms with Crippen molar-refractivity contribution in [2.75, 3.05) is 20.1 Å². The minimum Gasteiger partial charge on any atom is -0.480 e. The van der Waals surface area contributed by atoms with Crippen molar-refractivity contribution < 1.29 is 14.7 Å². The summed E-state index contributed by atoms with van der Waals surface area (Å²) in [5.74, 6) is -1.15. The Kier molecular flexibility index (Phi) is 5.32. The molecule has 5 nitrogen and oxygen atoms in total. The summed E-state index contributed by atoms with van der Waals surface area (Å²) in [6.07, 6.45) is 0. The molecule has 2 N–H and O–H groups in total. The molecule has 1 amide bonds. The zero-order chi connectivity index (χ0) is 13.5. The zero-order valence-electron chi connectivity index (χ0n) is 10.6. The number of amides is 1. The number of carbonyl (C=O) groups excluding carboxylic acids is 1. The summed E-state index contributed by atoms with van der Waals surface area (Å²) in [7, 11) is 1.54. The molecule has 0 radical (unpaired) electrons. The van der Waals surface area contributed by atoms with Crippen LogP contribution in [0, 0.1) is 0 Å². The molecule has 0 aliphatic rings. The van der Waals surface area contributed by atoms with Crippen LogP contribution in [-0.2, 0) is 9.59 Å². The largest absolute Gasteiger partial charge is 0.480 e. The highest BCUT2D eigenvalue weighted by molar-refractivity contribution is 5.80. The van der Waals surface area contributed by atoms with Crippen molar-refractivity contribution in [1.29, 1.82) is 0 Å². The highest BCUT2D eigenvalue weighted by Gasteiger charge is 2.27. The van der Waals surface area contributed by atoms with Crippen molar-refractivity contribution in [3.63, 3.8) is 0 Å². The maximum atomic E-state index is 11.4. The monoisotopic (exact) mass is 250 g/mol. The summed E-state index contributed by atoms with van der Waals surface area (Å²) >= 11 is 0. The molecular weight excluding hydrogens is 232 g/mol. The van der Waals surface area contributed by atoms with Gasteiger partial charge in [0.05, 0.1) is 6.54 Å². The lowest BCUT2D eigenvalue weighted by Crippen LogP contribution is -2.40. The molecule has 98 valence electrons. The van der Waals surface area contributed by atoms with Crippen LogP contribution in [0.3, 0.4) is 0 Å². The SMILES string of the molecule is CCN(CC(=O)NC)C(C(=O)O)c1ccccc1. The molecule has 1 aromatic rings. The summed E-state index contributed by atoms with van der Waals surface area (Å²) in [6, 6.07) is 8.12. The first-order chi connectivity index (χ1) is 8.60. The quantitative estimate of drug-likeness (QED) is 0.786. The number of carboxylic acid groups (broad SMARTS) is 1. The molecule has 0 aromatic heterocycles. The van der Waals surface area contributed by atoms with E-state index in [2.05, 4.69) is 5.32 Å². The van der Waals surface area contributed by atoms with Crippen molar-refractivity contribution in [2.24, 2.45) is 0 Å². The Morgan fingerprint density at radius 3 is 2.39 bits per heavy atom. The van der Waals surface area contributed by atoms with Gasteiger partial charge in [-0.05, 0) is 12.1 Å². The topological polar surface area (TPSA) is 69.6 Å². The number of rotatable bonds is 6. The third-order valence-electron chi connectivity index (χ3n) is 2.75. The first-order valence-corrected chi connectivity index (χ1v) is 5.82. The van der Waals surface area contributed by atoms with Gasteiger partial charge in [0.25, 0.3) is 0 Å². The van der Waals surface area contributed by atoms with Gasteiger partial charge in [0.2, 0.25) is 5.91 Å². The van der Waals surface area contributed by atoms with E-state index >= 15 is 0 Å². The van der Waals surface area contributed by atoms with E-state index in [1.54, 1.807) is 29.2 Å². The second kappa shape index (κ2) is 6.76. The van der Waals surface area contributed by atoms with Crippen molar-refractivity contribution in [3.8, 4) is 0 Å². The van der Waals surface area contributed by atoms with Crippen LogP contribution in [0.15, 0.2) is 30.3 Å². The van der Waals surface area contributed by atoms with Gasteiger partial charge in [-0.3, -0.25) is 14.5 Å². The fourth-order valence-corrected chi connectivity index (χ4v) is 1.79. The second-order valence-corrected chi connectivity index (χ2v) is 3.89. The molecule has 0 aliphatic carbocycles. The maximum Gasteiger partial charge on any atom is 0.325 e. The van der Waals surface area contributed by atoms with Crippen LogP contribution in [0.2, 0.25) is 0 Å². The Balaban J connectivity index is 2.96. The molecule has 0 aliphatic heterocycles. The van der Waals surface area contributed by atoms with Crippen molar-refractivity contribution in [1.82, 2.24) is 10.2 Å². The number of aliphatic carboxylic acids is 1. The van der Waals surface area contributed by atoms with E-state index in [4.69, 9.17) is 0 Å². The van der Waals surface area contributed by atoms with Crippen LogP contribution >= 0.6 is 0 Å². The van der Waals surface area contributed by atoms with Crippen LogP contribution in [0.1, 0.15) is 18.5 Å². The molecule has 18 heavy (non-hydrogen) atoms. The predicted molar refractivity (Wildman–Crippen MR) is 68.1 cm³/mol. The number of hydrogen-bond acceptors (Lipinski definition) is 3. The standard InChI is InChI=1S/C13H18N2O3/c1-3-15(9-11(16)14-2)12(13(17)18)10-7-5-4-6-8-10/h4-8,12H,3,9H2,1-2H3,(H,14,16)(H,17,18). The third-order valence-corrected chi connectivity index (χ3v) is 2.75. The lowest BCUT2D eigenvalue weighted by molar-refractivity contribution is -0.144. The van der Waals surface area contributed by atoms with Gasteiger partial charge in [-0.15, -0.1) is 0 Å². The Hall–Kier alpha value is -1.88. The minimum atomic E-state index is -0.952. The number of benzene rings is 1. The minimum absolute atomic E-state index is 0.0683.